The molecule has 2 aromatic rings. The highest BCUT2D eigenvalue weighted by molar-refractivity contribution is 7.13. The lowest BCUT2D eigenvalue weighted by molar-refractivity contribution is -0.133. The fraction of sp³-hybridized carbons (Fsp3) is 0.143. The summed E-state index contributed by atoms with van der Waals surface area (Å²) in [6.07, 6.45) is 1.51. The monoisotopic (exact) mass is 319 g/mol. The molecule has 22 heavy (non-hydrogen) atoms. The average molecular weight is 319 g/mol. The largest absolute Gasteiger partial charge is 0.462 e. The number of nitrogens with one attached hydrogen (secondary N) is 2. The van der Waals surface area contributed by atoms with Crippen molar-refractivity contribution in [2.24, 2.45) is 0 Å². The van der Waals surface area contributed by atoms with E-state index in [1.54, 1.807) is 24.4 Å². The number of thiazole rings is 1. The molecular weight excluding hydrogens is 306 g/mol. The zero-order chi connectivity index (χ0) is 15.9. The Morgan fingerprint density at radius 2 is 1.91 bits per heavy atom. The predicted octanol–water partition coefficient (Wildman–Crippen LogP) is 1.90. The van der Waals surface area contributed by atoms with Crippen LogP contribution in [-0.2, 0) is 14.3 Å². The zero-order valence-electron chi connectivity index (χ0n) is 11.7. The Morgan fingerprint density at radius 1 is 1.18 bits per heavy atom. The highest BCUT2D eigenvalue weighted by Gasteiger charge is 2.19. The van der Waals surface area contributed by atoms with E-state index < -0.39 is 17.8 Å². The van der Waals surface area contributed by atoms with Crippen molar-refractivity contribution >= 4 is 39.9 Å². The number of aromatic nitrogens is 1. The second kappa shape index (κ2) is 7.32. The van der Waals surface area contributed by atoms with Crippen LogP contribution < -0.4 is 10.6 Å². The first-order chi connectivity index (χ1) is 10.6. The minimum absolute atomic E-state index is 0.180. The Morgan fingerprint density at radius 3 is 2.59 bits per heavy atom. The molecule has 1 heterocycles. The number of carbonyl (C=O) groups is 3. The Hall–Kier alpha value is -2.74. The molecule has 0 bridgehead atoms. The summed E-state index contributed by atoms with van der Waals surface area (Å²) >= 11 is 1.19. The molecule has 0 radical (unpaired) electrons. The van der Waals surface area contributed by atoms with Gasteiger partial charge in [-0.15, -0.1) is 11.3 Å². The number of nitrogens with zero attached hydrogens (tertiary/aromatic N) is 1. The molecule has 0 unspecified atom stereocenters. The normalized spacial score (nSPS) is 9.86. The first-order valence-corrected chi connectivity index (χ1v) is 7.27. The minimum atomic E-state index is -0.896. The van der Waals surface area contributed by atoms with Gasteiger partial charge in [-0.1, -0.05) is 12.1 Å². The Labute approximate surface area is 130 Å². The van der Waals surface area contributed by atoms with Gasteiger partial charge in [0.1, 0.15) is 0 Å². The molecular formula is C14H13N3O4S. The fourth-order valence-electron chi connectivity index (χ4n) is 1.60. The van der Waals surface area contributed by atoms with Crippen molar-refractivity contribution in [2.45, 2.75) is 6.92 Å². The number of hydrogen-bond acceptors (Lipinski definition) is 6. The number of anilines is 2. The number of para-hydroxylation sites is 1. The van der Waals surface area contributed by atoms with Crippen LogP contribution in [0.4, 0.5) is 10.8 Å². The summed E-state index contributed by atoms with van der Waals surface area (Å²) < 4.78 is 4.90. The van der Waals surface area contributed by atoms with Crippen molar-refractivity contribution in [1.29, 1.82) is 0 Å². The molecule has 2 N–H and O–H groups in total. The maximum atomic E-state index is 11.9. The number of esters is 1. The van der Waals surface area contributed by atoms with Crippen LogP contribution in [0.2, 0.25) is 0 Å². The van der Waals surface area contributed by atoms with Crippen LogP contribution in [0, 0.1) is 0 Å². The average Bonchev–Trinajstić information content (AvgIpc) is 3.01. The van der Waals surface area contributed by atoms with Gasteiger partial charge >= 0.3 is 17.8 Å². The van der Waals surface area contributed by atoms with E-state index >= 15 is 0 Å². The van der Waals surface area contributed by atoms with Gasteiger partial charge in [0.05, 0.1) is 17.9 Å². The standard InChI is InChI=1S/C14H13N3O4S/c1-2-21-13(20)9-5-3-4-6-10(9)16-11(18)12(19)17-14-15-7-8-22-14/h3-8H,2H2,1H3,(H,16,18)(H,15,17,19). The van der Waals surface area contributed by atoms with Crippen LogP contribution in [0.5, 0.6) is 0 Å². The topological polar surface area (TPSA) is 97.4 Å². The molecule has 8 heteroatoms. The first kappa shape index (κ1) is 15.6. The lowest BCUT2D eigenvalue weighted by Crippen LogP contribution is -2.29. The number of hydrogen-bond donors (Lipinski definition) is 2. The highest BCUT2D eigenvalue weighted by atomic mass is 32.1. The van der Waals surface area contributed by atoms with Gasteiger partial charge in [-0.05, 0) is 19.1 Å². The third-order valence-electron chi connectivity index (χ3n) is 2.53. The molecule has 114 valence electrons. The maximum absolute atomic E-state index is 11.9. The van der Waals surface area contributed by atoms with E-state index in [0.29, 0.717) is 5.13 Å². The summed E-state index contributed by atoms with van der Waals surface area (Å²) in [5, 5.41) is 6.73. The minimum Gasteiger partial charge on any atom is -0.462 e. The van der Waals surface area contributed by atoms with Crippen LogP contribution in [0.1, 0.15) is 17.3 Å². The SMILES string of the molecule is CCOC(=O)c1ccccc1NC(=O)C(=O)Nc1nccs1. The van der Waals surface area contributed by atoms with Crippen LogP contribution >= 0.6 is 11.3 Å². The lowest BCUT2D eigenvalue weighted by Gasteiger charge is -2.09. The van der Waals surface area contributed by atoms with Crippen molar-refractivity contribution in [2.75, 3.05) is 17.2 Å². The van der Waals surface area contributed by atoms with E-state index in [1.165, 1.54) is 29.7 Å². The van der Waals surface area contributed by atoms with Crippen LogP contribution in [0.25, 0.3) is 0 Å². The summed E-state index contributed by atoms with van der Waals surface area (Å²) in [7, 11) is 0. The molecule has 2 rings (SSSR count). The van der Waals surface area contributed by atoms with Gasteiger partial charge in [0.2, 0.25) is 0 Å². The van der Waals surface area contributed by atoms with Gasteiger partial charge in [0.25, 0.3) is 0 Å². The third kappa shape index (κ3) is 3.89. The van der Waals surface area contributed by atoms with E-state index in [1.807, 2.05) is 0 Å². The second-order valence-corrected chi connectivity index (χ2v) is 4.91. The predicted molar refractivity (Wildman–Crippen MR) is 81.8 cm³/mol. The van der Waals surface area contributed by atoms with E-state index in [4.69, 9.17) is 4.74 Å². The summed E-state index contributed by atoms with van der Waals surface area (Å²) in [6, 6.07) is 6.29. The first-order valence-electron chi connectivity index (χ1n) is 6.39. The molecule has 2 amide bonds. The van der Waals surface area contributed by atoms with Gasteiger partial charge in [0, 0.05) is 11.6 Å². The summed E-state index contributed by atoms with van der Waals surface area (Å²) in [4.78, 5) is 39.3. The number of carbonyl (C=O) groups excluding carboxylic acids is 3. The van der Waals surface area contributed by atoms with Crippen LogP contribution in [0.15, 0.2) is 35.8 Å². The Balaban J connectivity index is 2.08. The van der Waals surface area contributed by atoms with Crippen molar-refractivity contribution in [3.05, 3.63) is 41.4 Å². The molecule has 0 aliphatic rings. The summed E-state index contributed by atoms with van der Waals surface area (Å²) in [6.45, 7) is 1.90. The summed E-state index contributed by atoms with van der Waals surface area (Å²) in [5.41, 5.74) is 0.389. The smallest absolute Gasteiger partial charge is 0.340 e. The molecule has 0 atom stereocenters. The van der Waals surface area contributed by atoms with Gasteiger partial charge < -0.3 is 10.1 Å². The van der Waals surface area contributed by atoms with Crippen LogP contribution in [-0.4, -0.2) is 29.4 Å². The zero-order valence-corrected chi connectivity index (χ0v) is 12.5. The lowest BCUT2D eigenvalue weighted by atomic mass is 10.2. The van der Waals surface area contributed by atoms with Gasteiger partial charge in [-0.2, -0.15) is 0 Å². The van der Waals surface area contributed by atoms with E-state index in [-0.39, 0.29) is 17.9 Å². The molecule has 0 spiro atoms. The Bertz CT molecular complexity index is 685. The van der Waals surface area contributed by atoms with Crippen LogP contribution in [0.3, 0.4) is 0 Å². The Kier molecular flexibility index (Phi) is 5.21. The molecule has 1 aromatic carbocycles. The molecule has 0 fully saturated rings. The molecule has 0 aliphatic carbocycles. The molecule has 0 saturated heterocycles. The number of rotatable bonds is 4. The number of ether oxygens (including phenoxy) is 1. The number of amides is 2. The number of benzene rings is 1. The van der Waals surface area contributed by atoms with E-state index in [0.717, 1.165) is 0 Å². The van der Waals surface area contributed by atoms with Gasteiger partial charge in [-0.3, -0.25) is 14.9 Å². The fourth-order valence-corrected chi connectivity index (χ4v) is 2.12. The quantitative estimate of drug-likeness (QED) is 0.662. The second-order valence-electron chi connectivity index (χ2n) is 4.01. The van der Waals surface area contributed by atoms with Gasteiger partial charge in [0.15, 0.2) is 5.13 Å². The third-order valence-corrected chi connectivity index (χ3v) is 3.22. The highest BCUT2D eigenvalue weighted by Crippen LogP contribution is 2.16. The van der Waals surface area contributed by atoms with Crippen molar-refractivity contribution < 1.29 is 19.1 Å². The van der Waals surface area contributed by atoms with Crippen molar-refractivity contribution in [1.82, 2.24) is 4.98 Å². The summed E-state index contributed by atoms with van der Waals surface area (Å²) in [5.74, 6) is -2.33. The van der Waals surface area contributed by atoms with E-state index in [9.17, 15) is 14.4 Å². The van der Waals surface area contributed by atoms with Gasteiger partial charge in [-0.25, -0.2) is 9.78 Å². The molecule has 1 aromatic heterocycles. The molecule has 7 nitrogen and oxygen atoms in total. The van der Waals surface area contributed by atoms with Crippen molar-refractivity contribution in [3.8, 4) is 0 Å². The molecule has 0 aliphatic heterocycles. The van der Waals surface area contributed by atoms with Crippen molar-refractivity contribution in [3.63, 3.8) is 0 Å². The molecule has 0 saturated carbocycles. The van der Waals surface area contributed by atoms with E-state index in [2.05, 4.69) is 15.6 Å². The maximum Gasteiger partial charge on any atom is 0.340 e.